The number of fused-ring (bicyclic) bond motifs is 1. The number of aromatic nitrogens is 2. The van der Waals surface area contributed by atoms with Crippen LogP contribution in [0.4, 0.5) is 0 Å². The molecule has 0 bridgehead atoms. The SMILES string of the molecule is COc1ccc(-c2nc3ccccc3n2CCCOc2ccccc2C(C)C)cc1. The molecule has 0 aliphatic heterocycles. The van der Waals surface area contributed by atoms with Crippen LogP contribution in [0.15, 0.2) is 72.8 Å². The minimum absolute atomic E-state index is 0.445. The van der Waals surface area contributed by atoms with Crippen molar-refractivity contribution in [3.05, 3.63) is 78.4 Å². The summed E-state index contributed by atoms with van der Waals surface area (Å²) >= 11 is 0. The Morgan fingerprint density at radius 1 is 0.900 bits per heavy atom. The third-order valence-electron chi connectivity index (χ3n) is 5.33. The van der Waals surface area contributed by atoms with Gasteiger partial charge in [0, 0.05) is 12.1 Å². The fourth-order valence-electron chi connectivity index (χ4n) is 3.76. The zero-order chi connectivity index (χ0) is 20.9. The maximum Gasteiger partial charge on any atom is 0.141 e. The molecule has 4 heteroatoms. The summed E-state index contributed by atoms with van der Waals surface area (Å²) in [6, 6.07) is 24.7. The Morgan fingerprint density at radius 2 is 1.63 bits per heavy atom. The second kappa shape index (κ2) is 9.04. The van der Waals surface area contributed by atoms with E-state index in [0.717, 1.165) is 46.9 Å². The number of imidazole rings is 1. The van der Waals surface area contributed by atoms with Crippen molar-refractivity contribution >= 4 is 11.0 Å². The fourth-order valence-corrected chi connectivity index (χ4v) is 3.76. The number of aryl methyl sites for hydroxylation is 1. The predicted octanol–water partition coefficient (Wildman–Crippen LogP) is 6.30. The summed E-state index contributed by atoms with van der Waals surface area (Å²) in [7, 11) is 1.68. The molecule has 30 heavy (non-hydrogen) atoms. The van der Waals surface area contributed by atoms with Crippen molar-refractivity contribution in [2.24, 2.45) is 0 Å². The Kier molecular flexibility index (Phi) is 6.03. The van der Waals surface area contributed by atoms with Crippen molar-refractivity contribution < 1.29 is 9.47 Å². The van der Waals surface area contributed by atoms with Crippen LogP contribution in [0.1, 0.15) is 31.7 Å². The molecule has 3 aromatic carbocycles. The maximum absolute atomic E-state index is 6.13. The summed E-state index contributed by atoms with van der Waals surface area (Å²) < 4.78 is 13.7. The van der Waals surface area contributed by atoms with Gasteiger partial charge in [0.2, 0.25) is 0 Å². The molecule has 0 atom stereocenters. The van der Waals surface area contributed by atoms with Gasteiger partial charge in [-0.1, -0.05) is 44.2 Å². The molecule has 0 N–H and O–H groups in total. The number of hydrogen-bond donors (Lipinski definition) is 0. The van der Waals surface area contributed by atoms with Crippen molar-refractivity contribution in [3.8, 4) is 22.9 Å². The van der Waals surface area contributed by atoms with Crippen molar-refractivity contribution in [2.75, 3.05) is 13.7 Å². The average Bonchev–Trinajstić information content (AvgIpc) is 3.15. The van der Waals surface area contributed by atoms with Gasteiger partial charge in [0.15, 0.2) is 0 Å². The van der Waals surface area contributed by atoms with Crippen LogP contribution in [0.2, 0.25) is 0 Å². The Balaban J connectivity index is 1.53. The summed E-state index contributed by atoms with van der Waals surface area (Å²) in [5, 5.41) is 0. The first-order valence-corrected chi connectivity index (χ1v) is 10.5. The Bertz CT molecular complexity index is 1110. The highest BCUT2D eigenvalue weighted by Gasteiger charge is 2.13. The first kappa shape index (κ1) is 20.0. The zero-order valence-electron chi connectivity index (χ0n) is 17.8. The monoisotopic (exact) mass is 400 g/mol. The number of nitrogens with zero attached hydrogens (tertiary/aromatic N) is 2. The summed E-state index contributed by atoms with van der Waals surface area (Å²) in [5.74, 6) is 3.25. The van der Waals surface area contributed by atoms with E-state index in [9.17, 15) is 0 Å². The van der Waals surface area contributed by atoms with E-state index in [1.165, 1.54) is 5.56 Å². The molecule has 0 aliphatic rings. The van der Waals surface area contributed by atoms with Gasteiger partial charge in [0.25, 0.3) is 0 Å². The third-order valence-corrected chi connectivity index (χ3v) is 5.33. The molecule has 0 spiro atoms. The van der Waals surface area contributed by atoms with Gasteiger partial charge in [-0.25, -0.2) is 4.98 Å². The summed E-state index contributed by atoms with van der Waals surface area (Å²) in [6.45, 7) is 5.89. The van der Waals surface area contributed by atoms with Crippen molar-refractivity contribution in [1.82, 2.24) is 9.55 Å². The number of rotatable bonds is 8. The third kappa shape index (κ3) is 4.18. The molecule has 1 heterocycles. The van der Waals surface area contributed by atoms with Crippen molar-refractivity contribution in [3.63, 3.8) is 0 Å². The van der Waals surface area contributed by atoms with Crippen molar-refractivity contribution in [1.29, 1.82) is 0 Å². The van der Waals surface area contributed by atoms with E-state index in [1.807, 2.05) is 24.3 Å². The van der Waals surface area contributed by atoms with Crippen LogP contribution in [0.5, 0.6) is 11.5 Å². The molecule has 0 amide bonds. The lowest BCUT2D eigenvalue weighted by molar-refractivity contribution is 0.299. The standard InChI is InChI=1S/C26H28N2O2/c1-19(2)22-9-4-7-12-25(22)30-18-8-17-28-24-11-6-5-10-23(24)27-26(28)20-13-15-21(29-3)16-14-20/h4-7,9-16,19H,8,17-18H2,1-3H3. The van der Waals surface area contributed by atoms with Crippen molar-refractivity contribution in [2.45, 2.75) is 32.7 Å². The van der Waals surface area contributed by atoms with Gasteiger partial charge in [0.05, 0.1) is 24.8 Å². The second-order valence-corrected chi connectivity index (χ2v) is 7.70. The van der Waals surface area contributed by atoms with E-state index in [1.54, 1.807) is 7.11 Å². The largest absolute Gasteiger partial charge is 0.497 e. The number of benzene rings is 3. The van der Waals surface area contributed by atoms with Crippen LogP contribution in [0.3, 0.4) is 0 Å². The van der Waals surface area contributed by atoms with Gasteiger partial charge < -0.3 is 14.0 Å². The van der Waals surface area contributed by atoms with Crippen LogP contribution in [-0.4, -0.2) is 23.3 Å². The quantitative estimate of drug-likeness (QED) is 0.325. The molecule has 0 aliphatic carbocycles. The smallest absolute Gasteiger partial charge is 0.141 e. The minimum Gasteiger partial charge on any atom is -0.497 e. The first-order valence-electron chi connectivity index (χ1n) is 10.5. The van der Waals surface area contributed by atoms with Crippen LogP contribution < -0.4 is 9.47 Å². The molecule has 0 fully saturated rings. The number of para-hydroxylation sites is 3. The molecule has 154 valence electrons. The summed E-state index contributed by atoms with van der Waals surface area (Å²) in [6.07, 6.45) is 0.899. The van der Waals surface area contributed by atoms with Gasteiger partial charge in [-0.2, -0.15) is 0 Å². The van der Waals surface area contributed by atoms with Gasteiger partial charge >= 0.3 is 0 Å². The molecule has 0 saturated heterocycles. The molecule has 0 radical (unpaired) electrons. The molecule has 0 saturated carbocycles. The average molecular weight is 401 g/mol. The van der Waals surface area contributed by atoms with Gasteiger partial charge in [-0.3, -0.25) is 0 Å². The molecular formula is C26H28N2O2. The molecule has 0 unspecified atom stereocenters. The first-order chi connectivity index (χ1) is 14.7. The van der Waals surface area contributed by atoms with E-state index in [2.05, 4.69) is 66.9 Å². The van der Waals surface area contributed by atoms with Crippen LogP contribution in [0.25, 0.3) is 22.4 Å². The highest BCUT2D eigenvalue weighted by molar-refractivity contribution is 5.80. The van der Waals surface area contributed by atoms with Gasteiger partial charge in [-0.15, -0.1) is 0 Å². The van der Waals surface area contributed by atoms with Gasteiger partial charge in [0.1, 0.15) is 17.3 Å². The lowest BCUT2D eigenvalue weighted by Gasteiger charge is -2.14. The lowest BCUT2D eigenvalue weighted by atomic mass is 10.0. The Labute approximate surface area is 178 Å². The minimum atomic E-state index is 0.445. The zero-order valence-corrected chi connectivity index (χ0v) is 17.8. The van der Waals surface area contributed by atoms with E-state index < -0.39 is 0 Å². The van der Waals surface area contributed by atoms with Crippen LogP contribution in [-0.2, 0) is 6.54 Å². The Hall–Kier alpha value is -3.27. The molecule has 4 rings (SSSR count). The van der Waals surface area contributed by atoms with E-state index >= 15 is 0 Å². The Morgan fingerprint density at radius 3 is 2.40 bits per heavy atom. The van der Waals surface area contributed by atoms with E-state index in [-0.39, 0.29) is 0 Å². The predicted molar refractivity (Wildman–Crippen MR) is 122 cm³/mol. The highest BCUT2D eigenvalue weighted by Crippen LogP contribution is 2.28. The van der Waals surface area contributed by atoms with Gasteiger partial charge in [-0.05, 0) is 60.4 Å². The maximum atomic E-state index is 6.13. The molecule has 4 nitrogen and oxygen atoms in total. The molecule has 4 aromatic rings. The fraction of sp³-hybridized carbons (Fsp3) is 0.269. The summed E-state index contributed by atoms with van der Waals surface area (Å²) in [5.41, 5.74) is 4.49. The summed E-state index contributed by atoms with van der Waals surface area (Å²) in [4.78, 5) is 4.89. The topological polar surface area (TPSA) is 36.3 Å². The normalized spacial score (nSPS) is 11.2. The number of ether oxygens (including phenoxy) is 2. The lowest BCUT2D eigenvalue weighted by Crippen LogP contribution is -2.07. The van der Waals surface area contributed by atoms with E-state index in [0.29, 0.717) is 12.5 Å². The highest BCUT2D eigenvalue weighted by atomic mass is 16.5. The van der Waals surface area contributed by atoms with E-state index in [4.69, 9.17) is 14.5 Å². The number of methoxy groups -OCH3 is 1. The number of hydrogen-bond acceptors (Lipinski definition) is 3. The second-order valence-electron chi connectivity index (χ2n) is 7.70. The van der Waals surface area contributed by atoms with Crippen LogP contribution in [0, 0.1) is 0 Å². The molecule has 1 aromatic heterocycles. The van der Waals surface area contributed by atoms with Crippen LogP contribution >= 0.6 is 0 Å². The molecular weight excluding hydrogens is 372 g/mol.